The number of hydrogen-bond donors (Lipinski definition) is 0. The second kappa shape index (κ2) is 7.12. The maximum atomic E-state index is 12.7. The fraction of sp³-hybridized carbons (Fsp3) is 0.286. The molecule has 0 saturated carbocycles. The van der Waals surface area contributed by atoms with Crippen LogP contribution in [0.4, 0.5) is 0 Å². The second-order valence-electron chi connectivity index (χ2n) is 6.86. The van der Waals surface area contributed by atoms with Crippen LogP contribution in [0.25, 0.3) is 5.69 Å². The molecule has 0 spiro atoms. The quantitative estimate of drug-likeness (QED) is 0.481. The Morgan fingerprint density at radius 1 is 1.10 bits per heavy atom. The van der Waals surface area contributed by atoms with Crippen molar-refractivity contribution in [1.29, 1.82) is 0 Å². The van der Waals surface area contributed by atoms with Gasteiger partial charge in [0.15, 0.2) is 18.1 Å². The van der Waals surface area contributed by atoms with E-state index in [1.165, 1.54) is 0 Å². The fourth-order valence-electron chi connectivity index (χ4n) is 3.52. The molecule has 1 aromatic carbocycles. The summed E-state index contributed by atoms with van der Waals surface area (Å²) in [7, 11) is 0. The number of rotatable bonds is 5. The van der Waals surface area contributed by atoms with Crippen molar-refractivity contribution in [2.24, 2.45) is 0 Å². The van der Waals surface area contributed by atoms with Crippen LogP contribution in [0.5, 0.6) is 11.5 Å². The predicted octanol–water partition coefficient (Wildman–Crippen LogP) is 3.47. The maximum absolute atomic E-state index is 12.7. The van der Waals surface area contributed by atoms with E-state index in [4.69, 9.17) is 18.7 Å². The van der Waals surface area contributed by atoms with Crippen LogP contribution in [0.15, 0.2) is 28.8 Å². The molecule has 8 nitrogen and oxygen atoms in total. The van der Waals surface area contributed by atoms with Crippen molar-refractivity contribution in [3.63, 3.8) is 0 Å². The van der Waals surface area contributed by atoms with E-state index in [2.05, 4.69) is 5.16 Å². The third-order valence-corrected chi connectivity index (χ3v) is 4.92. The third kappa shape index (κ3) is 3.26. The van der Waals surface area contributed by atoms with Crippen molar-refractivity contribution in [3.8, 4) is 17.2 Å². The second-order valence-corrected chi connectivity index (χ2v) is 6.86. The summed E-state index contributed by atoms with van der Waals surface area (Å²) in [4.78, 5) is 25.0. The fourth-order valence-corrected chi connectivity index (χ4v) is 3.52. The standard InChI is InChI=1S/C21H20N2O6/c1-11-7-16(17(24)9-26-21(25)20-12(2)22-29-14(20)4)13(3)23(11)15-5-6-18-19(8-15)28-10-27-18/h5-8H,9-10H2,1-4H3. The van der Waals surface area contributed by atoms with E-state index in [9.17, 15) is 9.59 Å². The van der Waals surface area contributed by atoms with Gasteiger partial charge in [-0.3, -0.25) is 4.79 Å². The van der Waals surface area contributed by atoms with Crippen LogP contribution >= 0.6 is 0 Å². The third-order valence-electron chi connectivity index (χ3n) is 4.92. The zero-order valence-corrected chi connectivity index (χ0v) is 16.6. The Bertz CT molecular complexity index is 1110. The molecule has 8 heteroatoms. The molecule has 0 unspecified atom stereocenters. The molecule has 29 heavy (non-hydrogen) atoms. The maximum Gasteiger partial charge on any atom is 0.344 e. The number of aromatic nitrogens is 2. The average molecular weight is 396 g/mol. The van der Waals surface area contributed by atoms with Crippen LogP contribution in [-0.4, -0.2) is 34.9 Å². The highest BCUT2D eigenvalue weighted by Crippen LogP contribution is 2.35. The van der Waals surface area contributed by atoms with Crippen molar-refractivity contribution < 1.29 is 28.3 Å². The molecule has 4 rings (SSSR count). The number of ketones is 1. The summed E-state index contributed by atoms with van der Waals surface area (Å²) >= 11 is 0. The highest BCUT2D eigenvalue weighted by molar-refractivity contribution is 6.01. The molecular formula is C21H20N2O6. The van der Waals surface area contributed by atoms with Crippen LogP contribution in [0, 0.1) is 27.7 Å². The summed E-state index contributed by atoms with van der Waals surface area (Å²) in [6.07, 6.45) is 0. The Balaban J connectivity index is 1.54. The lowest BCUT2D eigenvalue weighted by molar-refractivity contribution is 0.0472. The van der Waals surface area contributed by atoms with Crippen LogP contribution in [-0.2, 0) is 4.74 Å². The lowest BCUT2D eigenvalue weighted by Gasteiger charge is -2.11. The van der Waals surface area contributed by atoms with Crippen molar-refractivity contribution in [2.45, 2.75) is 27.7 Å². The number of nitrogens with zero attached hydrogens (tertiary/aromatic N) is 2. The number of esters is 1. The molecule has 0 saturated heterocycles. The minimum atomic E-state index is -0.626. The van der Waals surface area contributed by atoms with Gasteiger partial charge in [0.25, 0.3) is 0 Å². The first-order chi connectivity index (χ1) is 13.9. The van der Waals surface area contributed by atoms with Crippen LogP contribution in [0.3, 0.4) is 0 Å². The molecule has 150 valence electrons. The first-order valence-electron chi connectivity index (χ1n) is 9.09. The summed E-state index contributed by atoms with van der Waals surface area (Å²) in [5, 5.41) is 3.73. The first-order valence-corrected chi connectivity index (χ1v) is 9.09. The van der Waals surface area contributed by atoms with Gasteiger partial charge in [-0.25, -0.2) is 4.79 Å². The number of fused-ring (bicyclic) bond motifs is 1. The molecule has 3 heterocycles. The summed E-state index contributed by atoms with van der Waals surface area (Å²) in [6, 6.07) is 7.39. The van der Waals surface area contributed by atoms with Gasteiger partial charge in [0.2, 0.25) is 12.6 Å². The van der Waals surface area contributed by atoms with Gasteiger partial charge in [0.1, 0.15) is 11.3 Å². The number of Topliss-reactive ketones (excluding diaryl/α,β-unsaturated/α-hetero) is 1. The Hall–Kier alpha value is -3.55. The number of benzene rings is 1. The van der Waals surface area contributed by atoms with E-state index in [1.54, 1.807) is 19.9 Å². The van der Waals surface area contributed by atoms with Crippen molar-refractivity contribution >= 4 is 11.8 Å². The van der Waals surface area contributed by atoms with Gasteiger partial charge in [0.05, 0.1) is 5.69 Å². The number of aryl methyl sites for hydroxylation is 3. The largest absolute Gasteiger partial charge is 0.454 e. The van der Waals surface area contributed by atoms with E-state index in [1.807, 2.05) is 36.6 Å². The van der Waals surface area contributed by atoms with Crippen LogP contribution < -0.4 is 9.47 Å². The minimum absolute atomic E-state index is 0.197. The first kappa shape index (κ1) is 18.8. The normalized spacial score (nSPS) is 12.3. The summed E-state index contributed by atoms with van der Waals surface area (Å²) in [5.74, 6) is 0.806. The molecule has 0 aliphatic carbocycles. The summed E-state index contributed by atoms with van der Waals surface area (Å²) < 4.78 is 22.9. The van der Waals surface area contributed by atoms with Crippen LogP contribution in [0.1, 0.15) is 43.6 Å². The molecule has 1 aliphatic heterocycles. The number of hydrogen-bond acceptors (Lipinski definition) is 7. The molecule has 0 amide bonds. The van der Waals surface area contributed by atoms with Crippen molar-refractivity contribution in [3.05, 3.63) is 58.2 Å². The molecule has 3 aromatic rings. The highest BCUT2D eigenvalue weighted by Gasteiger charge is 2.23. The molecule has 1 aliphatic rings. The van der Waals surface area contributed by atoms with Gasteiger partial charge in [-0.05, 0) is 45.9 Å². The summed E-state index contributed by atoms with van der Waals surface area (Å²) in [5.41, 5.74) is 3.66. The SMILES string of the molecule is Cc1noc(C)c1C(=O)OCC(=O)c1cc(C)n(-c2ccc3c(c2)OCO3)c1C. The highest BCUT2D eigenvalue weighted by atomic mass is 16.7. The molecular weight excluding hydrogens is 376 g/mol. The predicted molar refractivity (Wildman–Crippen MR) is 102 cm³/mol. The van der Waals surface area contributed by atoms with Gasteiger partial charge < -0.3 is 23.3 Å². The van der Waals surface area contributed by atoms with E-state index in [-0.39, 0.29) is 24.7 Å². The lowest BCUT2D eigenvalue weighted by atomic mass is 10.1. The monoisotopic (exact) mass is 396 g/mol. The van der Waals surface area contributed by atoms with Crippen molar-refractivity contribution in [2.75, 3.05) is 13.4 Å². The smallest absolute Gasteiger partial charge is 0.344 e. The van der Waals surface area contributed by atoms with Crippen LogP contribution in [0.2, 0.25) is 0 Å². The lowest BCUT2D eigenvalue weighted by Crippen LogP contribution is -2.16. The average Bonchev–Trinajstić information content (AvgIpc) is 3.36. The summed E-state index contributed by atoms with van der Waals surface area (Å²) in [6.45, 7) is 6.85. The van der Waals surface area contributed by atoms with E-state index < -0.39 is 5.97 Å². The van der Waals surface area contributed by atoms with Gasteiger partial charge in [-0.1, -0.05) is 5.16 Å². The van der Waals surface area contributed by atoms with Crippen molar-refractivity contribution in [1.82, 2.24) is 9.72 Å². The molecule has 0 radical (unpaired) electrons. The van der Waals surface area contributed by atoms with E-state index in [0.29, 0.717) is 28.5 Å². The Morgan fingerprint density at radius 2 is 1.86 bits per heavy atom. The Morgan fingerprint density at radius 3 is 2.59 bits per heavy atom. The molecule has 2 aromatic heterocycles. The molecule has 0 bridgehead atoms. The molecule has 0 fully saturated rings. The number of carbonyl (C=O) groups excluding carboxylic acids is 2. The molecule has 0 N–H and O–H groups in total. The Kier molecular flexibility index (Phi) is 4.62. The topological polar surface area (TPSA) is 92.8 Å². The van der Waals surface area contributed by atoms with Gasteiger partial charge in [-0.2, -0.15) is 0 Å². The van der Waals surface area contributed by atoms with Gasteiger partial charge in [0, 0.05) is 28.7 Å². The number of carbonyl (C=O) groups is 2. The van der Waals surface area contributed by atoms with E-state index >= 15 is 0 Å². The van der Waals surface area contributed by atoms with Gasteiger partial charge >= 0.3 is 5.97 Å². The number of ether oxygens (including phenoxy) is 3. The molecule has 0 atom stereocenters. The minimum Gasteiger partial charge on any atom is -0.454 e. The van der Waals surface area contributed by atoms with Gasteiger partial charge in [-0.15, -0.1) is 0 Å². The Labute approximate surface area is 167 Å². The zero-order valence-electron chi connectivity index (χ0n) is 16.6. The zero-order chi connectivity index (χ0) is 20.7. The van der Waals surface area contributed by atoms with E-state index in [0.717, 1.165) is 17.1 Å².